The first-order valence-corrected chi connectivity index (χ1v) is 6.95. The zero-order valence-electron chi connectivity index (χ0n) is 11.0. The van der Waals surface area contributed by atoms with E-state index in [0.717, 1.165) is 28.2 Å². The predicted molar refractivity (Wildman–Crippen MR) is 76.8 cm³/mol. The van der Waals surface area contributed by atoms with Crippen molar-refractivity contribution in [1.82, 2.24) is 14.8 Å². The second-order valence-corrected chi connectivity index (χ2v) is 5.17. The summed E-state index contributed by atoms with van der Waals surface area (Å²) in [4.78, 5) is 4.18. The highest BCUT2D eigenvalue weighted by atomic mass is 79.9. The molecule has 1 aromatic heterocycles. The summed E-state index contributed by atoms with van der Waals surface area (Å²) in [5.74, 6) is 1.58. The number of rotatable bonds is 5. The summed E-state index contributed by atoms with van der Waals surface area (Å²) in [6, 6.07) is 5.77. The van der Waals surface area contributed by atoms with Gasteiger partial charge < -0.3 is 10.5 Å². The van der Waals surface area contributed by atoms with Crippen molar-refractivity contribution in [3.63, 3.8) is 0 Å². The first kappa shape index (κ1) is 14.0. The molecule has 0 aliphatic carbocycles. The van der Waals surface area contributed by atoms with Gasteiger partial charge in [0.25, 0.3) is 0 Å². The van der Waals surface area contributed by atoms with Gasteiger partial charge in [0.15, 0.2) is 5.82 Å². The molecule has 5 nitrogen and oxygen atoms in total. The molecule has 0 saturated carbocycles. The van der Waals surface area contributed by atoms with Crippen molar-refractivity contribution in [1.29, 1.82) is 0 Å². The lowest BCUT2D eigenvalue weighted by Crippen LogP contribution is -2.11. The summed E-state index contributed by atoms with van der Waals surface area (Å²) in [5, 5.41) is 4.11. The van der Waals surface area contributed by atoms with Gasteiger partial charge in [0.1, 0.15) is 18.7 Å². The maximum atomic E-state index is 5.94. The SMILES string of the molecule is CCn1ncnc1COc1cc(Br)ccc1C(C)N. The smallest absolute Gasteiger partial charge is 0.164 e. The highest BCUT2D eigenvalue weighted by Gasteiger charge is 2.10. The van der Waals surface area contributed by atoms with Gasteiger partial charge in [-0.05, 0) is 26.0 Å². The number of hydrogen-bond acceptors (Lipinski definition) is 4. The molecule has 0 bridgehead atoms. The fraction of sp³-hybridized carbons (Fsp3) is 0.385. The standard InChI is InChI=1S/C13H17BrN4O/c1-3-18-13(16-8-17-18)7-19-12-6-10(14)4-5-11(12)9(2)15/h4-6,8-9H,3,7,15H2,1-2H3. The molecular formula is C13H17BrN4O. The molecule has 0 spiro atoms. The molecule has 19 heavy (non-hydrogen) atoms. The van der Waals surface area contributed by atoms with Gasteiger partial charge >= 0.3 is 0 Å². The van der Waals surface area contributed by atoms with E-state index >= 15 is 0 Å². The molecule has 6 heteroatoms. The molecule has 0 radical (unpaired) electrons. The van der Waals surface area contributed by atoms with Crippen LogP contribution in [0.2, 0.25) is 0 Å². The largest absolute Gasteiger partial charge is 0.485 e. The highest BCUT2D eigenvalue weighted by Crippen LogP contribution is 2.28. The molecule has 0 saturated heterocycles. The number of ether oxygens (including phenoxy) is 1. The van der Waals surface area contributed by atoms with Gasteiger partial charge in [-0.2, -0.15) is 5.10 Å². The minimum atomic E-state index is -0.0767. The van der Waals surface area contributed by atoms with Crippen LogP contribution in [0.3, 0.4) is 0 Å². The normalized spacial score (nSPS) is 12.4. The summed E-state index contributed by atoms with van der Waals surface area (Å²) in [7, 11) is 0. The van der Waals surface area contributed by atoms with Crippen LogP contribution in [0.4, 0.5) is 0 Å². The van der Waals surface area contributed by atoms with Gasteiger partial charge in [-0.25, -0.2) is 9.67 Å². The van der Waals surface area contributed by atoms with E-state index in [1.807, 2.05) is 36.7 Å². The van der Waals surface area contributed by atoms with E-state index in [1.165, 1.54) is 6.33 Å². The topological polar surface area (TPSA) is 66.0 Å². The molecule has 2 N–H and O–H groups in total. The monoisotopic (exact) mass is 324 g/mol. The number of benzene rings is 1. The zero-order valence-corrected chi connectivity index (χ0v) is 12.6. The van der Waals surface area contributed by atoms with Crippen molar-refractivity contribution in [3.8, 4) is 5.75 Å². The third-order valence-electron chi connectivity index (χ3n) is 2.82. The molecule has 1 unspecified atom stereocenters. The van der Waals surface area contributed by atoms with Crippen molar-refractivity contribution in [2.75, 3.05) is 0 Å². The van der Waals surface area contributed by atoms with E-state index in [1.54, 1.807) is 0 Å². The summed E-state index contributed by atoms with van der Waals surface area (Å²) in [6.07, 6.45) is 1.54. The van der Waals surface area contributed by atoms with Crippen molar-refractivity contribution >= 4 is 15.9 Å². The first-order valence-electron chi connectivity index (χ1n) is 6.16. The van der Waals surface area contributed by atoms with Crippen LogP contribution in [0, 0.1) is 0 Å². The van der Waals surface area contributed by atoms with E-state index < -0.39 is 0 Å². The van der Waals surface area contributed by atoms with Gasteiger partial charge in [0.05, 0.1) is 0 Å². The summed E-state index contributed by atoms with van der Waals surface area (Å²) >= 11 is 3.44. The van der Waals surface area contributed by atoms with E-state index in [2.05, 4.69) is 26.0 Å². The van der Waals surface area contributed by atoms with Crippen molar-refractivity contribution < 1.29 is 4.74 Å². The molecule has 1 heterocycles. The Morgan fingerprint density at radius 1 is 1.47 bits per heavy atom. The van der Waals surface area contributed by atoms with Gasteiger partial charge in [-0.15, -0.1) is 0 Å². The molecule has 0 aliphatic rings. The second kappa shape index (κ2) is 6.16. The Morgan fingerprint density at radius 3 is 2.95 bits per heavy atom. The minimum Gasteiger partial charge on any atom is -0.485 e. The molecule has 102 valence electrons. The quantitative estimate of drug-likeness (QED) is 0.918. The lowest BCUT2D eigenvalue weighted by Gasteiger charge is -2.14. The number of aromatic nitrogens is 3. The van der Waals surface area contributed by atoms with E-state index in [4.69, 9.17) is 10.5 Å². The fourth-order valence-electron chi connectivity index (χ4n) is 1.82. The fourth-order valence-corrected chi connectivity index (χ4v) is 2.16. The summed E-state index contributed by atoms with van der Waals surface area (Å²) in [6.45, 7) is 5.11. The predicted octanol–water partition coefficient (Wildman–Crippen LogP) is 2.66. The van der Waals surface area contributed by atoms with E-state index in [-0.39, 0.29) is 6.04 Å². The maximum Gasteiger partial charge on any atom is 0.164 e. The molecule has 1 aromatic carbocycles. The zero-order chi connectivity index (χ0) is 13.8. The van der Waals surface area contributed by atoms with Crippen LogP contribution >= 0.6 is 15.9 Å². The van der Waals surface area contributed by atoms with Gasteiger partial charge in [0.2, 0.25) is 0 Å². The van der Waals surface area contributed by atoms with Crippen LogP contribution in [0.5, 0.6) is 5.75 Å². The Balaban J connectivity index is 2.17. The molecule has 0 aliphatic heterocycles. The Labute approximate surface area is 120 Å². The van der Waals surface area contributed by atoms with Crippen LogP contribution in [-0.4, -0.2) is 14.8 Å². The molecule has 2 aromatic rings. The van der Waals surface area contributed by atoms with Gasteiger partial charge in [-0.1, -0.05) is 22.0 Å². The summed E-state index contributed by atoms with van der Waals surface area (Å²) in [5.41, 5.74) is 6.92. The molecule has 0 fully saturated rings. The summed E-state index contributed by atoms with van der Waals surface area (Å²) < 4.78 is 8.60. The Bertz CT molecular complexity index is 553. The van der Waals surface area contributed by atoms with Crippen LogP contribution in [-0.2, 0) is 13.2 Å². The van der Waals surface area contributed by atoms with Gasteiger partial charge in [0, 0.05) is 22.6 Å². The number of hydrogen-bond donors (Lipinski definition) is 1. The first-order chi connectivity index (χ1) is 9.11. The highest BCUT2D eigenvalue weighted by molar-refractivity contribution is 9.10. The minimum absolute atomic E-state index is 0.0767. The van der Waals surface area contributed by atoms with Gasteiger partial charge in [-0.3, -0.25) is 0 Å². The lowest BCUT2D eigenvalue weighted by atomic mass is 10.1. The van der Waals surface area contributed by atoms with Crippen LogP contribution in [0.1, 0.15) is 31.3 Å². The van der Waals surface area contributed by atoms with E-state index in [9.17, 15) is 0 Å². The van der Waals surface area contributed by atoms with Crippen LogP contribution < -0.4 is 10.5 Å². The average Bonchev–Trinajstić information content (AvgIpc) is 2.83. The Hall–Kier alpha value is -1.40. The number of nitrogens with zero attached hydrogens (tertiary/aromatic N) is 3. The van der Waals surface area contributed by atoms with Crippen molar-refractivity contribution in [2.45, 2.75) is 33.0 Å². The lowest BCUT2D eigenvalue weighted by molar-refractivity contribution is 0.283. The maximum absolute atomic E-state index is 5.94. The third-order valence-corrected chi connectivity index (χ3v) is 3.31. The number of nitrogens with two attached hydrogens (primary N) is 1. The Morgan fingerprint density at radius 2 is 2.26 bits per heavy atom. The van der Waals surface area contributed by atoms with E-state index in [0.29, 0.717) is 6.61 Å². The second-order valence-electron chi connectivity index (χ2n) is 4.25. The number of halogens is 1. The molecule has 2 rings (SSSR count). The van der Waals surface area contributed by atoms with Crippen molar-refractivity contribution in [2.24, 2.45) is 5.73 Å². The third kappa shape index (κ3) is 3.33. The van der Waals surface area contributed by atoms with Crippen LogP contribution in [0.15, 0.2) is 29.0 Å². The Kier molecular flexibility index (Phi) is 4.55. The molecular weight excluding hydrogens is 308 g/mol. The number of aryl methyl sites for hydroxylation is 1. The van der Waals surface area contributed by atoms with Crippen LogP contribution in [0.25, 0.3) is 0 Å². The molecule has 0 amide bonds. The van der Waals surface area contributed by atoms with Crippen molar-refractivity contribution in [3.05, 3.63) is 40.4 Å². The molecule has 1 atom stereocenters. The average molecular weight is 325 g/mol.